The SMILES string of the molecule is Nc1ncnc2c1ncn2CCOCP(=O)(O)OCCCCCCCCC(O)CO. The average molecular weight is 445 g/mol. The van der Waals surface area contributed by atoms with Crippen LogP contribution in [0.5, 0.6) is 0 Å². The number of fused-ring (bicyclic) bond motifs is 1. The van der Waals surface area contributed by atoms with Crippen molar-refractivity contribution in [3.8, 4) is 0 Å². The molecule has 5 N–H and O–H groups in total. The van der Waals surface area contributed by atoms with E-state index in [-0.39, 0.29) is 26.2 Å². The van der Waals surface area contributed by atoms with Gasteiger partial charge in [0.1, 0.15) is 18.2 Å². The summed E-state index contributed by atoms with van der Waals surface area (Å²) in [7, 11) is -3.78. The van der Waals surface area contributed by atoms with Gasteiger partial charge < -0.3 is 34.7 Å². The van der Waals surface area contributed by atoms with Crippen LogP contribution in [0.1, 0.15) is 44.9 Å². The molecule has 2 aromatic heterocycles. The Morgan fingerprint density at radius 1 is 1.10 bits per heavy atom. The molecule has 30 heavy (non-hydrogen) atoms. The minimum absolute atomic E-state index is 0.188. The first-order valence-electron chi connectivity index (χ1n) is 10.2. The smallest absolute Gasteiger partial charge is 0.353 e. The van der Waals surface area contributed by atoms with Gasteiger partial charge in [0.25, 0.3) is 0 Å². The van der Waals surface area contributed by atoms with Crippen molar-refractivity contribution >= 4 is 24.6 Å². The minimum Gasteiger partial charge on any atom is -0.394 e. The van der Waals surface area contributed by atoms with Gasteiger partial charge in [-0.1, -0.05) is 32.1 Å². The number of nitrogen functional groups attached to an aromatic ring is 1. The number of nitrogens with zero attached hydrogens (tertiary/aromatic N) is 4. The fourth-order valence-electron chi connectivity index (χ4n) is 2.93. The number of aromatic nitrogens is 4. The quantitative estimate of drug-likeness (QED) is 0.220. The molecule has 0 saturated carbocycles. The van der Waals surface area contributed by atoms with Crippen LogP contribution in [-0.4, -0.2) is 66.9 Å². The van der Waals surface area contributed by atoms with Crippen LogP contribution in [0, 0.1) is 0 Å². The highest BCUT2D eigenvalue weighted by Crippen LogP contribution is 2.41. The van der Waals surface area contributed by atoms with Gasteiger partial charge >= 0.3 is 7.60 Å². The molecule has 12 heteroatoms. The number of anilines is 1. The Morgan fingerprint density at radius 3 is 2.60 bits per heavy atom. The number of hydrogen-bond donors (Lipinski definition) is 4. The van der Waals surface area contributed by atoms with Gasteiger partial charge in [-0.25, -0.2) is 15.0 Å². The van der Waals surface area contributed by atoms with Crippen molar-refractivity contribution in [1.29, 1.82) is 0 Å². The van der Waals surface area contributed by atoms with E-state index in [1.165, 1.54) is 6.33 Å². The molecule has 0 radical (unpaired) electrons. The molecule has 11 nitrogen and oxygen atoms in total. The first-order chi connectivity index (χ1) is 14.4. The van der Waals surface area contributed by atoms with Gasteiger partial charge in [-0.2, -0.15) is 0 Å². The molecular weight excluding hydrogens is 413 g/mol. The van der Waals surface area contributed by atoms with Crippen LogP contribution in [0.25, 0.3) is 11.2 Å². The molecule has 2 atom stereocenters. The Balaban J connectivity index is 1.52. The first kappa shape index (κ1) is 24.6. The lowest BCUT2D eigenvalue weighted by molar-refractivity contribution is 0.0860. The molecule has 0 aliphatic heterocycles. The van der Waals surface area contributed by atoms with Gasteiger partial charge in [0.05, 0.1) is 32.3 Å². The Bertz CT molecular complexity index is 804. The summed E-state index contributed by atoms with van der Waals surface area (Å²) in [6.07, 6.45) is 8.06. The molecular formula is C18H32N5O6P. The summed E-state index contributed by atoms with van der Waals surface area (Å²) < 4.78 is 24.1. The van der Waals surface area contributed by atoms with Crippen LogP contribution >= 0.6 is 7.60 Å². The maximum atomic E-state index is 12.0. The first-order valence-corrected chi connectivity index (χ1v) is 11.9. The second kappa shape index (κ2) is 12.9. The van der Waals surface area contributed by atoms with Gasteiger partial charge in [-0.15, -0.1) is 0 Å². The Labute approximate surface area is 175 Å². The van der Waals surface area contributed by atoms with Gasteiger partial charge in [0.2, 0.25) is 0 Å². The second-order valence-electron chi connectivity index (χ2n) is 7.12. The van der Waals surface area contributed by atoms with Crippen molar-refractivity contribution in [3.63, 3.8) is 0 Å². The number of nitrogens with two attached hydrogens (primary N) is 1. The van der Waals surface area contributed by atoms with E-state index in [9.17, 15) is 14.6 Å². The maximum absolute atomic E-state index is 12.0. The maximum Gasteiger partial charge on any atom is 0.353 e. The highest BCUT2D eigenvalue weighted by Gasteiger charge is 2.19. The van der Waals surface area contributed by atoms with Gasteiger partial charge in [0.15, 0.2) is 11.5 Å². The number of hydrogen-bond acceptors (Lipinski definition) is 9. The normalized spacial score (nSPS) is 14.8. The zero-order chi connectivity index (χ0) is 21.8. The van der Waals surface area contributed by atoms with Crippen LogP contribution in [0.3, 0.4) is 0 Å². The van der Waals surface area contributed by atoms with E-state index in [0.717, 1.165) is 32.1 Å². The van der Waals surface area contributed by atoms with Crippen LogP contribution in [0.15, 0.2) is 12.7 Å². The fraction of sp³-hybridized carbons (Fsp3) is 0.722. The molecule has 2 unspecified atom stereocenters. The van der Waals surface area contributed by atoms with Gasteiger partial charge in [0, 0.05) is 6.54 Å². The van der Waals surface area contributed by atoms with Crippen LogP contribution in [0.2, 0.25) is 0 Å². The molecule has 2 aromatic rings. The Hall–Kier alpha value is -1.62. The molecule has 0 fully saturated rings. The number of unbranched alkanes of at least 4 members (excludes halogenated alkanes) is 5. The number of aliphatic hydroxyl groups excluding tert-OH is 2. The van der Waals surface area contributed by atoms with E-state index >= 15 is 0 Å². The summed E-state index contributed by atoms with van der Waals surface area (Å²) in [5, 5.41) is 18.0. The zero-order valence-electron chi connectivity index (χ0n) is 17.1. The Kier molecular flexibility index (Phi) is 10.6. The Morgan fingerprint density at radius 2 is 1.83 bits per heavy atom. The molecule has 170 valence electrons. The molecule has 2 rings (SSSR count). The molecule has 0 aliphatic rings. The van der Waals surface area contributed by atoms with Crippen LogP contribution < -0.4 is 5.73 Å². The van der Waals surface area contributed by atoms with Gasteiger partial charge in [-0.05, 0) is 12.8 Å². The van der Waals surface area contributed by atoms with E-state index in [1.54, 1.807) is 10.9 Å². The van der Waals surface area contributed by atoms with Crippen LogP contribution in [0.4, 0.5) is 5.82 Å². The number of ether oxygens (including phenoxy) is 1. The number of rotatable bonds is 16. The fourth-order valence-corrected chi connectivity index (χ4v) is 3.78. The topological polar surface area (TPSA) is 166 Å². The van der Waals surface area contributed by atoms with Crippen LogP contribution in [-0.2, 0) is 20.4 Å². The summed E-state index contributed by atoms with van der Waals surface area (Å²) in [4.78, 5) is 22.0. The third-order valence-corrected chi connectivity index (χ3v) is 5.69. The predicted octanol–water partition coefficient (Wildman–Crippen LogP) is 1.67. The van der Waals surface area contributed by atoms with Crippen molar-refractivity contribution < 1.29 is 28.9 Å². The minimum atomic E-state index is -3.78. The average Bonchev–Trinajstić information content (AvgIpc) is 3.14. The molecule has 0 spiro atoms. The van der Waals surface area contributed by atoms with Crippen molar-refractivity contribution in [2.24, 2.45) is 0 Å². The largest absolute Gasteiger partial charge is 0.394 e. The van der Waals surface area contributed by atoms with E-state index in [1.807, 2.05) is 0 Å². The van der Waals surface area contributed by atoms with Crippen molar-refractivity contribution in [1.82, 2.24) is 19.5 Å². The van der Waals surface area contributed by atoms with E-state index < -0.39 is 13.7 Å². The summed E-state index contributed by atoms with van der Waals surface area (Å²) in [5.41, 5.74) is 6.83. The molecule has 0 saturated heterocycles. The highest BCUT2D eigenvalue weighted by molar-refractivity contribution is 7.52. The molecule has 0 aromatic carbocycles. The number of aliphatic hydroxyl groups is 2. The molecule has 0 amide bonds. The predicted molar refractivity (Wildman–Crippen MR) is 112 cm³/mol. The van der Waals surface area contributed by atoms with Crippen molar-refractivity contribution in [3.05, 3.63) is 12.7 Å². The zero-order valence-corrected chi connectivity index (χ0v) is 18.0. The third kappa shape index (κ3) is 8.63. The molecule has 0 aliphatic carbocycles. The molecule has 2 heterocycles. The standard InChI is InChI=1S/C18H32N5O6P/c19-17-16-18(21-12-20-17)23(13-22-16)8-10-28-14-30(26,27)29-9-6-4-2-1-3-5-7-15(25)11-24/h12-13,15,24-25H,1-11,14H2,(H,26,27)(H2,19,20,21). The summed E-state index contributed by atoms with van der Waals surface area (Å²) in [6, 6.07) is 0. The lowest BCUT2D eigenvalue weighted by Crippen LogP contribution is -2.10. The van der Waals surface area contributed by atoms with E-state index in [4.69, 9.17) is 20.1 Å². The van der Waals surface area contributed by atoms with Gasteiger partial charge in [-0.3, -0.25) is 4.57 Å². The highest BCUT2D eigenvalue weighted by atomic mass is 31.2. The van der Waals surface area contributed by atoms with E-state index in [0.29, 0.717) is 36.4 Å². The van der Waals surface area contributed by atoms with E-state index in [2.05, 4.69) is 15.0 Å². The monoisotopic (exact) mass is 445 g/mol. The summed E-state index contributed by atoms with van der Waals surface area (Å²) in [5.74, 6) is 0.299. The third-order valence-electron chi connectivity index (χ3n) is 4.60. The lowest BCUT2D eigenvalue weighted by atomic mass is 10.1. The molecule has 0 bridgehead atoms. The summed E-state index contributed by atoms with van der Waals surface area (Å²) >= 11 is 0. The lowest BCUT2D eigenvalue weighted by Gasteiger charge is -2.13. The summed E-state index contributed by atoms with van der Waals surface area (Å²) in [6.45, 7) is 0.631. The van der Waals surface area contributed by atoms with Crippen molar-refractivity contribution in [2.75, 3.05) is 31.9 Å². The second-order valence-corrected chi connectivity index (χ2v) is 8.91. The number of imidazole rings is 1. The van der Waals surface area contributed by atoms with Crippen molar-refractivity contribution in [2.45, 2.75) is 57.6 Å².